The Kier molecular flexibility index (Phi) is 5.65. The minimum absolute atomic E-state index is 0.172. The van der Waals surface area contributed by atoms with Crippen LogP contribution in [0.3, 0.4) is 0 Å². The van der Waals surface area contributed by atoms with Crippen LogP contribution in [0.15, 0.2) is 66.7 Å². The van der Waals surface area contributed by atoms with Crippen LogP contribution in [0, 0.1) is 5.92 Å². The fourth-order valence-corrected chi connectivity index (χ4v) is 5.31. The second-order valence-corrected chi connectivity index (χ2v) is 9.10. The van der Waals surface area contributed by atoms with Gasteiger partial charge in [0, 0.05) is 25.2 Å². The van der Waals surface area contributed by atoms with Gasteiger partial charge >= 0.3 is 0 Å². The normalized spacial score (nSPS) is 20.4. The highest BCUT2D eigenvalue weighted by atomic mass is 16.3. The number of carbonyl (C=O) groups excluding carboxylic acids is 1. The number of fused-ring (bicyclic) bond motifs is 1. The predicted molar refractivity (Wildman–Crippen MR) is 124 cm³/mol. The molecule has 2 aliphatic heterocycles. The number of rotatable bonds is 4. The zero-order valence-electron chi connectivity index (χ0n) is 17.9. The molecule has 0 bridgehead atoms. The Morgan fingerprint density at radius 1 is 0.871 bits per heavy atom. The molecule has 0 radical (unpaired) electrons. The van der Waals surface area contributed by atoms with Crippen LogP contribution in [-0.4, -0.2) is 53.5 Å². The van der Waals surface area contributed by atoms with E-state index in [0.29, 0.717) is 17.6 Å². The fraction of sp³-hybridized carbons (Fsp3) is 0.370. The van der Waals surface area contributed by atoms with E-state index in [1.54, 1.807) is 12.1 Å². The van der Waals surface area contributed by atoms with Crippen molar-refractivity contribution in [3.05, 3.63) is 77.9 Å². The van der Waals surface area contributed by atoms with Crippen molar-refractivity contribution < 1.29 is 9.90 Å². The van der Waals surface area contributed by atoms with Crippen LogP contribution in [0.5, 0.6) is 5.75 Å². The molecule has 0 aliphatic carbocycles. The molecule has 2 saturated heterocycles. The second kappa shape index (κ2) is 8.72. The number of likely N-dealkylation sites (tertiary alicyclic amines) is 2. The van der Waals surface area contributed by atoms with E-state index < -0.39 is 0 Å². The van der Waals surface area contributed by atoms with Crippen molar-refractivity contribution in [2.24, 2.45) is 5.92 Å². The molecule has 4 nitrogen and oxygen atoms in total. The highest BCUT2D eigenvalue weighted by Gasteiger charge is 2.30. The van der Waals surface area contributed by atoms with Gasteiger partial charge in [-0.3, -0.25) is 4.79 Å². The van der Waals surface area contributed by atoms with Crippen LogP contribution in [0.25, 0.3) is 10.8 Å². The van der Waals surface area contributed by atoms with Crippen molar-refractivity contribution in [2.75, 3.05) is 32.7 Å². The predicted octanol–water partition coefficient (Wildman–Crippen LogP) is 4.89. The first-order valence-electron chi connectivity index (χ1n) is 11.5. The molecule has 1 atom stereocenters. The first kappa shape index (κ1) is 20.1. The number of phenols is 1. The van der Waals surface area contributed by atoms with Gasteiger partial charge in [-0.15, -0.1) is 0 Å². The number of piperidine rings is 1. The lowest BCUT2D eigenvalue weighted by Crippen LogP contribution is -2.37. The minimum atomic E-state index is 0.172. The molecule has 0 saturated carbocycles. The molecule has 2 aliphatic rings. The van der Waals surface area contributed by atoms with Crippen LogP contribution < -0.4 is 0 Å². The Morgan fingerprint density at radius 2 is 1.61 bits per heavy atom. The van der Waals surface area contributed by atoms with Gasteiger partial charge in [-0.25, -0.2) is 0 Å². The van der Waals surface area contributed by atoms with Crippen LogP contribution >= 0.6 is 0 Å². The summed E-state index contributed by atoms with van der Waals surface area (Å²) in [5.74, 6) is 1.66. The van der Waals surface area contributed by atoms with Gasteiger partial charge in [-0.2, -0.15) is 0 Å². The molecule has 2 heterocycles. The van der Waals surface area contributed by atoms with E-state index >= 15 is 0 Å². The summed E-state index contributed by atoms with van der Waals surface area (Å²) in [7, 11) is 0. The Bertz CT molecular complexity index is 1050. The lowest BCUT2D eigenvalue weighted by atomic mass is 9.89. The lowest BCUT2D eigenvalue weighted by Gasteiger charge is -2.33. The number of carbonyl (C=O) groups is 1. The highest BCUT2D eigenvalue weighted by Crippen LogP contribution is 2.30. The zero-order chi connectivity index (χ0) is 21.2. The molecule has 0 spiro atoms. The lowest BCUT2D eigenvalue weighted by molar-refractivity contribution is 0.0784. The smallest absolute Gasteiger partial charge is 0.254 e. The van der Waals surface area contributed by atoms with Crippen LogP contribution in [-0.2, 0) is 0 Å². The topological polar surface area (TPSA) is 43.8 Å². The van der Waals surface area contributed by atoms with E-state index in [1.807, 2.05) is 30.3 Å². The summed E-state index contributed by atoms with van der Waals surface area (Å²) in [5, 5.41) is 11.7. The number of benzene rings is 3. The molecule has 2 fully saturated rings. The molecule has 160 valence electrons. The molecular formula is C27H30N2O2. The first-order chi connectivity index (χ1) is 15.2. The maximum atomic E-state index is 13.2. The van der Waals surface area contributed by atoms with E-state index in [4.69, 9.17) is 0 Å². The summed E-state index contributed by atoms with van der Waals surface area (Å²) < 4.78 is 0. The van der Waals surface area contributed by atoms with Gasteiger partial charge in [0.15, 0.2) is 0 Å². The minimum Gasteiger partial charge on any atom is -0.508 e. The standard InChI is InChI=1S/C27H30N2O2/c30-24-10-8-21(9-11-24)22-13-15-28(16-14-22)18-20-12-17-29(19-20)27(31)26-7-3-5-23-4-1-2-6-25(23)26/h1-11,20,22,30H,12-19H2/t20-/m1/s1. The average Bonchev–Trinajstić information content (AvgIpc) is 3.28. The van der Waals surface area contributed by atoms with Gasteiger partial charge in [-0.1, -0.05) is 48.5 Å². The largest absolute Gasteiger partial charge is 0.508 e. The summed E-state index contributed by atoms with van der Waals surface area (Å²) in [4.78, 5) is 17.8. The third-order valence-corrected chi connectivity index (χ3v) is 7.06. The summed E-state index contributed by atoms with van der Waals surface area (Å²) >= 11 is 0. The van der Waals surface area contributed by atoms with E-state index in [0.717, 1.165) is 68.3 Å². The van der Waals surface area contributed by atoms with Gasteiger partial charge < -0.3 is 14.9 Å². The average molecular weight is 415 g/mol. The van der Waals surface area contributed by atoms with Crippen LogP contribution in [0.2, 0.25) is 0 Å². The Hall–Kier alpha value is -2.85. The van der Waals surface area contributed by atoms with Gasteiger partial charge in [0.25, 0.3) is 5.91 Å². The third kappa shape index (κ3) is 4.31. The first-order valence-corrected chi connectivity index (χ1v) is 11.5. The Morgan fingerprint density at radius 3 is 2.42 bits per heavy atom. The number of amides is 1. The van der Waals surface area contributed by atoms with Crippen molar-refractivity contribution in [1.82, 2.24) is 9.80 Å². The number of hydrogen-bond acceptors (Lipinski definition) is 3. The summed E-state index contributed by atoms with van der Waals surface area (Å²) in [6.45, 7) is 5.02. The molecule has 0 unspecified atom stereocenters. The molecule has 3 aromatic rings. The molecular weight excluding hydrogens is 384 g/mol. The number of aromatic hydroxyl groups is 1. The SMILES string of the molecule is O=C(c1cccc2ccccc12)N1CC[C@H](CN2CCC(c3ccc(O)cc3)CC2)C1. The quantitative estimate of drug-likeness (QED) is 0.661. The molecule has 31 heavy (non-hydrogen) atoms. The Balaban J connectivity index is 1.16. The van der Waals surface area contributed by atoms with Gasteiger partial charge in [0.05, 0.1) is 0 Å². The molecule has 4 heteroatoms. The molecule has 0 aromatic heterocycles. The van der Waals surface area contributed by atoms with E-state index in [9.17, 15) is 9.90 Å². The zero-order valence-corrected chi connectivity index (χ0v) is 17.9. The van der Waals surface area contributed by atoms with Crippen LogP contribution in [0.4, 0.5) is 0 Å². The molecule has 1 amide bonds. The van der Waals surface area contributed by atoms with Crippen LogP contribution in [0.1, 0.15) is 41.1 Å². The number of nitrogens with zero attached hydrogens (tertiary/aromatic N) is 2. The third-order valence-electron chi connectivity index (χ3n) is 7.06. The molecule has 3 aromatic carbocycles. The van der Waals surface area contributed by atoms with Crippen molar-refractivity contribution in [2.45, 2.75) is 25.2 Å². The Labute approximate surface area is 184 Å². The van der Waals surface area contributed by atoms with Gasteiger partial charge in [0.1, 0.15) is 5.75 Å². The van der Waals surface area contributed by atoms with E-state index in [1.165, 1.54) is 5.56 Å². The number of hydrogen-bond donors (Lipinski definition) is 1. The maximum absolute atomic E-state index is 13.2. The van der Waals surface area contributed by atoms with Crippen molar-refractivity contribution in [3.8, 4) is 5.75 Å². The molecule has 5 rings (SSSR count). The monoisotopic (exact) mass is 414 g/mol. The number of phenolic OH excluding ortho intramolecular Hbond substituents is 1. The summed E-state index contributed by atoms with van der Waals surface area (Å²) in [6, 6.07) is 21.9. The van der Waals surface area contributed by atoms with Crippen molar-refractivity contribution in [1.29, 1.82) is 0 Å². The second-order valence-electron chi connectivity index (χ2n) is 9.10. The van der Waals surface area contributed by atoms with E-state index in [2.05, 4.69) is 34.1 Å². The van der Waals surface area contributed by atoms with Gasteiger partial charge in [0.2, 0.25) is 0 Å². The van der Waals surface area contributed by atoms with E-state index in [-0.39, 0.29) is 5.91 Å². The van der Waals surface area contributed by atoms with Crippen molar-refractivity contribution >= 4 is 16.7 Å². The fourth-order valence-electron chi connectivity index (χ4n) is 5.31. The van der Waals surface area contributed by atoms with Gasteiger partial charge in [-0.05, 0) is 78.7 Å². The maximum Gasteiger partial charge on any atom is 0.254 e. The molecule has 1 N–H and O–H groups in total. The van der Waals surface area contributed by atoms with Crippen molar-refractivity contribution in [3.63, 3.8) is 0 Å². The highest BCUT2D eigenvalue weighted by molar-refractivity contribution is 6.07. The summed E-state index contributed by atoms with van der Waals surface area (Å²) in [5.41, 5.74) is 2.17. The summed E-state index contributed by atoms with van der Waals surface area (Å²) in [6.07, 6.45) is 3.42.